The van der Waals surface area contributed by atoms with E-state index in [-0.39, 0.29) is 17.4 Å². The Labute approximate surface area is 156 Å². The predicted molar refractivity (Wildman–Crippen MR) is 91.1 cm³/mol. The first kappa shape index (κ1) is 19.3. The van der Waals surface area contributed by atoms with Crippen LogP contribution in [0, 0.1) is 16.7 Å². The maximum absolute atomic E-state index is 12.7. The fraction of sp³-hybridized carbons (Fsp3) is 0.500. The van der Waals surface area contributed by atoms with Crippen molar-refractivity contribution < 1.29 is 33.0 Å². The van der Waals surface area contributed by atoms with Crippen molar-refractivity contribution >= 4 is 33.4 Å². The van der Waals surface area contributed by atoms with Gasteiger partial charge in [0, 0.05) is 12.1 Å². The molecule has 0 radical (unpaired) electrons. The molecule has 2 aliphatic carbocycles. The summed E-state index contributed by atoms with van der Waals surface area (Å²) in [4.78, 5) is 34.6. The standard InChI is InChI=1S/C18H21NO7S/c1-17(2)12-3-4-18(17,14(20)8-12)9-27(25,26)19-13-6-10(15(21)22)5-11(7-13)16(23)24/h5-7,12,19H,3-4,8-9H2,1-2H3,(H,21,22)(H,23,24)/p-2/t12-,18+/m0/s1. The number of carbonyl (C=O) groups excluding carboxylic acids is 3. The Hall–Kier alpha value is -2.42. The summed E-state index contributed by atoms with van der Waals surface area (Å²) in [6.07, 6.45) is 1.62. The number of aromatic carboxylic acids is 2. The van der Waals surface area contributed by atoms with Gasteiger partial charge >= 0.3 is 0 Å². The molecule has 0 heterocycles. The van der Waals surface area contributed by atoms with E-state index in [1.54, 1.807) is 0 Å². The van der Waals surface area contributed by atoms with Crippen molar-refractivity contribution in [3.63, 3.8) is 0 Å². The summed E-state index contributed by atoms with van der Waals surface area (Å²) in [5.41, 5.74) is -2.67. The van der Waals surface area contributed by atoms with E-state index in [1.807, 2.05) is 13.8 Å². The Morgan fingerprint density at radius 3 is 2.11 bits per heavy atom. The summed E-state index contributed by atoms with van der Waals surface area (Å²) < 4.78 is 27.7. The summed E-state index contributed by atoms with van der Waals surface area (Å²) in [5.74, 6) is -3.66. The van der Waals surface area contributed by atoms with Gasteiger partial charge in [-0.2, -0.15) is 0 Å². The Morgan fingerprint density at radius 1 is 1.15 bits per heavy atom. The second kappa shape index (κ2) is 6.05. The molecule has 1 N–H and O–H groups in total. The number of carboxylic acid groups (broad SMARTS) is 2. The van der Waals surface area contributed by atoms with E-state index in [1.165, 1.54) is 0 Å². The van der Waals surface area contributed by atoms with Crippen LogP contribution < -0.4 is 14.9 Å². The second-order valence-corrected chi connectivity index (χ2v) is 9.62. The SMILES string of the molecule is CC1(C)[C@H]2CC[C@@]1(CS(=O)(=O)Nc1cc(C(=O)[O-])cc(C(=O)[O-])c1)C(=O)C2. The zero-order valence-corrected chi connectivity index (χ0v) is 15.7. The van der Waals surface area contributed by atoms with Crippen molar-refractivity contribution in [2.45, 2.75) is 33.1 Å². The average Bonchev–Trinajstić information content (AvgIpc) is 2.87. The number of sulfonamides is 1. The van der Waals surface area contributed by atoms with Gasteiger partial charge in [-0.25, -0.2) is 8.42 Å². The van der Waals surface area contributed by atoms with Gasteiger partial charge in [0.2, 0.25) is 10.0 Å². The van der Waals surface area contributed by atoms with Gasteiger partial charge < -0.3 is 19.8 Å². The van der Waals surface area contributed by atoms with Crippen LogP contribution in [-0.2, 0) is 14.8 Å². The number of hydrogen-bond acceptors (Lipinski definition) is 7. The smallest absolute Gasteiger partial charge is 0.233 e. The molecule has 8 nitrogen and oxygen atoms in total. The first-order chi connectivity index (χ1) is 12.4. The number of rotatable bonds is 6. The van der Waals surface area contributed by atoms with Crippen LogP contribution in [0.5, 0.6) is 0 Å². The lowest BCUT2D eigenvalue weighted by Crippen LogP contribution is -2.43. The van der Waals surface area contributed by atoms with E-state index in [0.29, 0.717) is 12.8 Å². The molecule has 0 aromatic heterocycles. The van der Waals surface area contributed by atoms with Gasteiger partial charge in [0.15, 0.2) is 0 Å². The third-order valence-electron chi connectivity index (χ3n) is 6.25. The number of carboxylic acids is 2. The van der Waals surface area contributed by atoms with Crippen molar-refractivity contribution in [1.82, 2.24) is 0 Å². The predicted octanol–water partition coefficient (Wildman–Crippen LogP) is -0.449. The third-order valence-corrected chi connectivity index (χ3v) is 7.67. The molecule has 2 aliphatic rings. The molecule has 1 aromatic rings. The van der Waals surface area contributed by atoms with Crippen LogP contribution in [0.1, 0.15) is 53.8 Å². The van der Waals surface area contributed by atoms with E-state index in [0.717, 1.165) is 24.6 Å². The molecule has 27 heavy (non-hydrogen) atoms. The molecular formula is C18H19NO7S-2. The summed E-state index contributed by atoms with van der Waals surface area (Å²) in [6, 6.07) is 2.76. The quantitative estimate of drug-likeness (QED) is 0.689. The lowest BCUT2D eigenvalue weighted by molar-refractivity contribution is -0.255. The minimum absolute atomic E-state index is 0.0759. The van der Waals surface area contributed by atoms with Gasteiger partial charge in [-0.05, 0) is 53.5 Å². The fourth-order valence-corrected chi connectivity index (χ4v) is 6.45. The molecule has 2 fully saturated rings. The summed E-state index contributed by atoms with van der Waals surface area (Å²) >= 11 is 0. The van der Waals surface area contributed by atoms with Gasteiger partial charge in [-0.1, -0.05) is 13.8 Å². The van der Waals surface area contributed by atoms with Gasteiger partial charge in [0.05, 0.1) is 23.1 Å². The molecule has 2 saturated carbocycles. The summed E-state index contributed by atoms with van der Waals surface area (Å²) in [6.45, 7) is 3.80. The summed E-state index contributed by atoms with van der Waals surface area (Å²) in [5, 5.41) is 22.1. The van der Waals surface area contributed by atoms with Gasteiger partial charge in [0.25, 0.3) is 0 Å². The van der Waals surface area contributed by atoms with E-state index in [9.17, 15) is 33.0 Å². The topological polar surface area (TPSA) is 144 Å². The molecule has 0 unspecified atom stereocenters. The van der Waals surface area contributed by atoms with Crippen LogP contribution in [0.2, 0.25) is 0 Å². The molecule has 9 heteroatoms. The molecule has 0 amide bonds. The Bertz CT molecular complexity index is 918. The minimum Gasteiger partial charge on any atom is -0.545 e. The lowest BCUT2D eigenvalue weighted by Gasteiger charge is -2.36. The monoisotopic (exact) mass is 393 g/mol. The van der Waals surface area contributed by atoms with Gasteiger partial charge in [-0.3, -0.25) is 9.52 Å². The number of nitrogens with one attached hydrogen (secondary N) is 1. The first-order valence-corrected chi connectivity index (χ1v) is 10.1. The van der Waals surface area contributed by atoms with E-state index in [2.05, 4.69) is 4.72 Å². The molecule has 3 rings (SSSR count). The molecule has 0 aliphatic heterocycles. The van der Waals surface area contributed by atoms with E-state index >= 15 is 0 Å². The number of fused-ring (bicyclic) bond motifs is 2. The fourth-order valence-electron chi connectivity index (χ4n) is 4.57. The molecule has 2 atom stereocenters. The van der Waals surface area contributed by atoms with Crippen LogP contribution >= 0.6 is 0 Å². The molecule has 0 saturated heterocycles. The Balaban J connectivity index is 1.93. The summed E-state index contributed by atoms with van der Waals surface area (Å²) in [7, 11) is -4.05. The zero-order chi connectivity index (χ0) is 20.2. The highest BCUT2D eigenvalue weighted by Gasteiger charge is 2.65. The van der Waals surface area contributed by atoms with Crippen LogP contribution in [0.3, 0.4) is 0 Å². The normalized spacial score (nSPS) is 26.1. The number of Topliss-reactive ketones (excluding diaryl/α,β-unsaturated/α-hetero) is 1. The van der Waals surface area contributed by atoms with E-state index in [4.69, 9.17) is 0 Å². The maximum atomic E-state index is 12.7. The van der Waals surface area contributed by atoms with Crippen LogP contribution in [-0.4, -0.2) is 31.9 Å². The number of ketones is 1. The molecule has 1 aromatic carbocycles. The highest BCUT2D eigenvalue weighted by atomic mass is 32.2. The third kappa shape index (κ3) is 3.09. The lowest BCUT2D eigenvalue weighted by atomic mass is 9.70. The zero-order valence-electron chi connectivity index (χ0n) is 14.9. The molecule has 0 spiro atoms. The van der Waals surface area contributed by atoms with Crippen molar-refractivity contribution in [3.05, 3.63) is 29.3 Å². The maximum Gasteiger partial charge on any atom is 0.233 e. The van der Waals surface area contributed by atoms with Crippen molar-refractivity contribution in [2.24, 2.45) is 16.7 Å². The highest BCUT2D eigenvalue weighted by molar-refractivity contribution is 7.92. The van der Waals surface area contributed by atoms with E-state index < -0.39 is 49.7 Å². The molecule has 146 valence electrons. The number of hydrogen-bond donors (Lipinski definition) is 1. The second-order valence-electron chi connectivity index (χ2n) is 7.90. The van der Waals surface area contributed by atoms with Crippen molar-refractivity contribution in [1.29, 1.82) is 0 Å². The molecule has 2 bridgehead atoms. The van der Waals surface area contributed by atoms with Gasteiger partial charge in [-0.15, -0.1) is 0 Å². The number of benzene rings is 1. The molecular weight excluding hydrogens is 374 g/mol. The van der Waals surface area contributed by atoms with Crippen LogP contribution in [0.25, 0.3) is 0 Å². The number of carbonyl (C=O) groups is 3. The Morgan fingerprint density at radius 2 is 1.70 bits per heavy atom. The largest absolute Gasteiger partial charge is 0.545 e. The number of anilines is 1. The van der Waals surface area contributed by atoms with Crippen LogP contribution in [0.15, 0.2) is 18.2 Å². The van der Waals surface area contributed by atoms with Crippen molar-refractivity contribution in [3.8, 4) is 0 Å². The van der Waals surface area contributed by atoms with Crippen LogP contribution in [0.4, 0.5) is 5.69 Å². The Kier molecular flexibility index (Phi) is 4.33. The van der Waals surface area contributed by atoms with Gasteiger partial charge in [0.1, 0.15) is 5.78 Å². The average molecular weight is 393 g/mol. The minimum atomic E-state index is -4.05. The first-order valence-electron chi connectivity index (χ1n) is 8.49. The van der Waals surface area contributed by atoms with Crippen molar-refractivity contribution in [2.75, 3.05) is 10.5 Å². The highest BCUT2D eigenvalue weighted by Crippen LogP contribution is 2.64.